The number of amides is 1. The molecule has 3 aromatic carbocycles. The van der Waals surface area contributed by atoms with Crippen molar-refractivity contribution in [2.45, 2.75) is 12.5 Å². The Bertz CT molecular complexity index is 1120. The number of rotatable bonds is 6. The van der Waals surface area contributed by atoms with Crippen molar-refractivity contribution in [2.24, 2.45) is 0 Å². The number of nitrogens with zero attached hydrogens (tertiary/aromatic N) is 1. The molecule has 1 unspecified atom stereocenters. The maximum atomic E-state index is 13.0. The molecule has 1 fully saturated rings. The fourth-order valence-electron chi connectivity index (χ4n) is 3.91. The minimum Gasteiger partial charge on any atom is -0.507 e. The van der Waals surface area contributed by atoms with Gasteiger partial charge in [0.2, 0.25) is 0 Å². The van der Waals surface area contributed by atoms with E-state index in [1.54, 1.807) is 48.4 Å². The first-order chi connectivity index (χ1) is 15.1. The van der Waals surface area contributed by atoms with E-state index in [4.69, 9.17) is 4.74 Å². The summed E-state index contributed by atoms with van der Waals surface area (Å²) in [7, 11) is 1.56. The van der Waals surface area contributed by atoms with Crippen molar-refractivity contribution < 1.29 is 19.4 Å². The van der Waals surface area contributed by atoms with Crippen molar-refractivity contribution in [2.75, 3.05) is 13.7 Å². The number of aliphatic hydroxyl groups excluding tert-OH is 1. The van der Waals surface area contributed by atoms with E-state index in [-0.39, 0.29) is 11.3 Å². The molecule has 0 aliphatic carbocycles. The first-order valence-electron chi connectivity index (χ1n) is 10.1. The van der Waals surface area contributed by atoms with Crippen LogP contribution in [0.3, 0.4) is 0 Å². The summed E-state index contributed by atoms with van der Waals surface area (Å²) in [5, 5.41) is 11.0. The number of hydrogen-bond donors (Lipinski definition) is 1. The van der Waals surface area contributed by atoms with Crippen LogP contribution in [0.5, 0.6) is 5.75 Å². The Morgan fingerprint density at radius 2 is 1.61 bits per heavy atom. The first kappa shape index (κ1) is 20.4. The van der Waals surface area contributed by atoms with Crippen LogP contribution in [0.15, 0.2) is 90.5 Å². The van der Waals surface area contributed by atoms with Gasteiger partial charge in [-0.15, -0.1) is 0 Å². The third-order valence-corrected chi connectivity index (χ3v) is 5.48. The second kappa shape index (κ2) is 8.88. The van der Waals surface area contributed by atoms with Gasteiger partial charge in [0.1, 0.15) is 11.5 Å². The van der Waals surface area contributed by atoms with Gasteiger partial charge in [0.25, 0.3) is 11.7 Å². The molecule has 1 amide bonds. The Kier molecular flexibility index (Phi) is 5.85. The van der Waals surface area contributed by atoms with Crippen LogP contribution < -0.4 is 4.74 Å². The first-order valence-corrected chi connectivity index (χ1v) is 10.1. The number of carbonyl (C=O) groups is 2. The molecule has 4 rings (SSSR count). The van der Waals surface area contributed by atoms with E-state index in [2.05, 4.69) is 0 Å². The van der Waals surface area contributed by atoms with Crippen LogP contribution in [-0.4, -0.2) is 35.4 Å². The quantitative estimate of drug-likeness (QED) is 0.370. The second-order valence-electron chi connectivity index (χ2n) is 7.37. The molecular formula is C26H23NO4. The Morgan fingerprint density at radius 3 is 2.29 bits per heavy atom. The van der Waals surface area contributed by atoms with Gasteiger partial charge in [-0.05, 0) is 29.7 Å². The number of likely N-dealkylation sites (tertiary alicyclic amines) is 1. The number of methoxy groups -OCH3 is 1. The van der Waals surface area contributed by atoms with Crippen LogP contribution in [0.25, 0.3) is 5.76 Å². The van der Waals surface area contributed by atoms with E-state index in [0.717, 1.165) is 5.56 Å². The topological polar surface area (TPSA) is 66.8 Å². The summed E-state index contributed by atoms with van der Waals surface area (Å²) in [4.78, 5) is 27.6. The van der Waals surface area contributed by atoms with Crippen molar-refractivity contribution >= 4 is 17.4 Å². The predicted molar refractivity (Wildman–Crippen MR) is 119 cm³/mol. The lowest BCUT2D eigenvalue weighted by molar-refractivity contribution is -0.139. The molecule has 1 aliphatic heterocycles. The number of aliphatic hydroxyl groups is 1. The van der Waals surface area contributed by atoms with Gasteiger partial charge in [-0.3, -0.25) is 9.59 Å². The molecule has 156 valence electrons. The fraction of sp³-hybridized carbons (Fsp3) is 0.154. The van der Waals surface area contributed by atoms with Gasteiger partial charge in [-0.25, -0.2) is 0 Å². The molecule has 1 atom stereocenters. The molecule has 5 heteroatoms. The SMILES string of the molecule is COc1cccc(C2C(=C(O)c3ccccc3)C(=O)C(=O)N2CCc2ccccc2)c1. The van der Waals surface area contributed by atoms with E-state index in [9.17, 15) is 14.7 Å². The second-order valence-corrected chi connectivity index (χ2v) is 7.37. The molecule has 0 radical (unpaired) electrons. The third-order valence-electron chi connectivity index (χ3n) is 5.48. The molecule has 31 heavy (non-hydrogen) atoms. The van der Waals surface area contributed by atoms with Crippen molar-refractivity contribution in [3.05, 3.63) is 107 Å². The lowest BCUT2D eigenvalue weighted by Crippen LogP contribution is -2.31. The van der Waals surface area contributed by atoms with E-state index in [1.807, 2.05) is 48.5 Å². The summed E-state index contributed by atoms with van der Waals surface area (Å²) < 4.78 is 5.35. The highest BCUT2D eigenvalue weighted by Crippen LogP contribution is 2.40. The van der Waals surface area contributed by atoms with Crippen molar-refractivity contribution in [1.29, 1.82) is 0 Å². The number of Topliss-reactive ketones (excluding diaryl/α,β-unsaturated/α-hetero) is 1. The standard InChI is InChI=1S/C26H23NO4/c1-31-21-14-8-13-20(17-21)23-22(24(28)19-11-6-3-7-12-19)25(29)26(30)27(23)16-15-18-9-4-2-5-10-18/h2-14,17,23,28H,15-16H2,1H3. The molecule has 0 saturated carbocycles. The molecule has 0 spiro atoms. The predicted octanol–water partition coefficient (Wildman–Crippen LogP) is 4.36. The summed E-state index contributed by atoms with van der Waals surface area (Å²) in [5.74, 6) is -0.844. The maximum Gasteiger partial charge on any atom is 0.295 e. The number of carbonyl (C=O) groups excluding carboxylic acids is 2. The average Bonchev–Trinajstić information content (AvgIpc) is 3.08. The molecule has 1 N–H and O–H groups in total. The van der Waals surface area contributed by atoms with Crippen LogP contribution in [0.2, 0.25) is 0 Å². The Morgan fingerprint density at radius 1 is 0.935 bits per heavy atom. The normalized spacial score (nSPS) is 17.7. The van der Waals surface area contributed by atoms with Crippen molar-refractivity contribution in [3.63, 3.8) is 0 Å². The zero-order valence-electron chi connectivity index (χ0n) is 17.2. The summed E-state index contributed by atoms with van der Waals surface area (Å²) in [6.07, 6.45) is 0.597. The van der Waals surface area contributed by atoms with Crippen LogP contribution in [0, 0.1) is 0 Å². The summed E-state index contributed by atoms with van der Waals surface area (Å²) in [6.45, 7) is 0.349. The number of hydrogen-bond acceptors (Lipinski definition) is 4. The zero-order chi connectivity index (χ0) is 21.8. The highest BCUT2D eigenvalue weighted by Gasteiger charge is 2.45. The van der Waals surface area contributed by atoms with Crippen LogP contribution >= 0.6 is 0 Å². The molecule has 3 aromatic rings. The molecule has 0 aromatic heterocycles. The average molecular weight is 413 g/mol. The lowest BCUT2D eigenvalue weighted by Gasteiger charge is -2.25. The van der Waals surface area contributed by atoms with Crippen LogP contribution in [0.4, 0.5) is 0 Å². The van der Waals surface area contributed by atoms with Crippen LogP contribution in [0.1, 0.15) is 22.7 Å². The minimum absolute atomic E-state index is 0.0949. The number of ether oxygens (including phenoxy) is 1. The van der Waals surface area contributed by atoms with Gasteiger partial charge >= 0.3 is 0 Å². The van der Waals surface area contributed by atoms with E-state index >= 15 is 0 Å². The smallest absolute Gasteiger partial charge is 0.295 e. The molecule has 0 bridgehead atoms. The Balaban J connectivity index is 1.79. The largest absolute Gasteiger partial charge is 0.507 e. The number of ketones is 1. The van der Waals surface area contributed by atoms with Crippen molar-refractivity contribution in [3.8, 4) is 5.75 Å². The molecule has 5 nitrogen and oxygen atoms in total. The minimum atomic E-state index is -0.695. The monoisotopic (exact) mass is 413 g/mol. The van der Waals surface area contributed by atoms with Gasteiger partial charge in [0.05, 0.1) is 18.7 Å². The molecule has 1 saturated heterocycles. The molecule has 1 aliphatic rings. The van der Waals surface area contributed by atoms with E-state index in [0.29, 0.717) is 29.8 Å². The van der Waals surface area contributed by atoms with Gasteiger partial charge in [-0.2, -0.15) is 0 Å². The highest BCUT2D eigenvalue weighted by molar-refractivity contribution is 6.46. The van der Waals surface area contributed by atoms with E-state index in [1.165, 1.54) is 0 Å². The van der Waals surface area contributed by atoms with Gasteiger partial charge in [0, 0.05) is 12.1 Å². The Hall–Kier alpha value is -3.86. The molecular weight excluding hydrogens is 390 g/mol. The van der Waals surface area contributed by atoms with Gasteiger partial charge in [-0.1, -0.05) is 72.8 Å². The zero-order valence-corrected chi connectivity index (χ0v) is 17.2. The fourth-order valence-corrected chi connectivity index (χ4v) is 3.91. The number of benzene rings is 3. The highest BCUT2D eigenvalue weighted by atomic mass is 16.5. The lowest BCUT2D eigenvalue weighted by atomic mass is 9.95. The molecule has 1 heterocycles. The maximum absolute atomic E-state index is 13.0. The summed E-state index contributed by atoms with van der Waals surface area (Å²) >= 11 is 0. The third kappa shape index (κ3) is 4.08. The summed E-state index contributed by atoms with van der Waals surface area (Å²) in [5.41, 5.74) is 2.37. The van der Waals surface area contributed by atoms with Crippen LogP contribution in [-0.2, 0) is 16.0 Å². The summed E-state index contributed by atoms with van der Waals surface area (Å²) in [6, 6.07) is 25.2. The van der Waals surface area contributed by atoms with E-state index < -0.39 is 17.7 Å². The van der Waals surface area contributed by atoms with Gasteiger partial charge < -0.3 is 14.7 Å². The van der Waals surface area contributed by atoms with Crippen molar-refractivity contribution in [1.82, 2.24) is 4.90 Å². The van der Waals surface area contributed by atoms with Gasteiger partial charge in [0.15, 0.2) is 0 Å². The Labute approximate surface area is 181 Å².